The van der Waals surface area contributed by atoms with E-state index >= 15 is 0 Å². The Morgan fingerprint density at radius 2 is 1.81 bits per heavy atom. The molecule has 1 atom stereocenters. The van der Waals surface area contributed by atoms with Crippen LogP contribution < -0.4 is 10.1 Å². The van der Waals surface area contributed by atoms with Gasteiger partial charge in [0.1, 0.15) is 5.75 Å². The number of hydrogen-bond donors (Lipinski definition) is 1. The lowest BCUT2D eigenvalue weighted by molar-refractivity contribution is 0.414. The van der Waals surface area contributed by atoms with E-state index in [1.54, 1.807) is 13.2 Å². The molecule has 0 spiro atoms. The molecule has 1 N–H and O–H groups in total. The van der Waals surface area contributed by atoms with Crippen molar-refractivity contribution in [2.45, 2.75) is 18.9 Å². The molecule has 0 saturated heterocycles. The predicted octanol–water partition coefficient (Wildman–Crippen LogP) is 5.57. The monoisotopic (exact) mass is 321 g/mol. The highest BCUT2D eigenvalue weighted by Gasteiger charge is 2.32. The second-order valence-corrected chi connectivity index (χ2v) is 6.12. The van der Waals surface area contributed by atoms with Crippen LogP contribution in [0.2, 0.25) is 10.0 Å². The number of rotatable bonds is 5. The Morgan fingerprint density at radius 3 is 2.43 bits per heavy atom. The summed E-state index contributed by atoms with van der Waals surface area (Å²) < 4.78 is 5.22. The smallest absolute Gasteiger partial charge is 0.118 e. The van der Waals surface area contributed by atoms with Gasteiger partial charge >= 0.3 is 0 Å². The van der Waals surface area contributed by atoms with Gasteiger partial charge in [-0.05, 0) is 48.6 Å². The molecule has 3 rings (SSSR count). The van der Waals surface area contributed by atoms with E-state index in [1.807, 2.05) is 24.3 Å². The fourth-order valence-electron chi connectivity index (χ4n) is 2.50. The van der Waals surface area contributed by atoms with Crippen LogP contribution in [0.1, 0.15) is 24.4 Å². The van der Waals surface area contributed by atoms with Gasteiger partial charge in [0.25, 0.3) is 0 Å². The van der Waals surface area contributed by atoms with Gasteiger partial charge in [-0.1, -0.05) is 41.4 Å². The van der Waals surface area contributed by atoms with E-state index in [9.17, 15) is 0 Å². The Kier molecular flexibility index (Phi) is 4.27. The minimum Gasteiger partial charge on any atom is -0.497 e. The van der Waals surface area contributed by atoms with E-state index in [0.29, 0.717) is 16.0 Å². The first-order chi connectivity index (χ1) is 10.2. The second kappa shape index (κ2) is 6.17. The normalized spacial score (nSPS) is 15.6. The third-order valence-corrected chi connectivity index (χ3v) is 4.65. The largest absolute Gasteiger partial charge is 0.497 e. The summed E-state index contributed by atoms with van der Waals surface area (Å²) in [6, 6.07) is 14.1. The van der Waals surface area contributed by atoms with Crippen LogP contribution in [0.5, 0.6) is 5.75 Å². The summed E-state index contributed by atoms with van der Waals surface area (Å²) in [6.45, 7) is 0. The van der Waals surface area contributed by atoms with Crippen molar-refractivity contribution >= 4 is 28.9 Å². The number of anilines is 1. The predicted molar refractivity (Wildman–Crippen MR) is 88.5 cm³/mol. The Balaban J connectivity index is 1.86. The summed E-state index contributed by atoms with van der Waals surface area (Å²) in [5.41, 5.74) is 2.13. The fourth-order valence-corrected chi connectivity index (χ4v) is 2.85. The molecule has 0 bridgehead atoms. The Labute approximate surface area is 135 Å². The highest BCUT2D eigenvalue weighted by Crippen LogP contribution is 2.44. The van der Waals surface area contributed by atoms with E-state index < -0.39 is 0 Å². The van der Waals surface area contributed by atoms with E-state index in [4.69, 9.17) is 27.9 Å². The average molecular weight is 322 g/mol. The number of halogens is 2. The zero-order valence-electron chi connectivity index (χ0n) is 11.8. The van der Waals surface area contributed by atoms with Gasteiger partial charge in [0.05, 0.1) is 28.9 Å². The van der Waals surface area contributed by atoms with Crippen molar-refractivity contribution in [3.63, 3.8) is 0 Å². The first kappa shape index (κ1) is 14.6. The van der Waals surface area contributed by atoms with Crippen molar-refractivity contribution in [2.24, 2.45) is 5.92 Å². The molecule has 0 amide bonds. The molecular formula is C17H17Cl2NO. The molecule has 1 unspecified atom stereocenters. The summed E-state index contributed by atoms with van der Waals surface area (Å²) in [6.07, 6.45) is 2.48. The van der Waals surface area contributed by atoms with E-state index in [2.05, 4.69) is 17.4 Å². The van der Waals surface area contributed by atoms with E-state index in [-0.39, 0.29) is 6.04 Å². The Bertz CT molecular complexity index is 623. The third-order valence-electron chi connectivity index (χ3n) is 3.83. The van der Waals surface area contributed by atoms with Gasteiger partial charge < -0.3 is 10.1 Å². The van der Waals surface area contributed by atoms with Gasteiger partial charge in [-0.2, -0.15) is 0 Å². The fraction of sp³-hybridized carbons (Fsp3) is 0.294. The molecule has 4 heteroatoms. The molecule has 0 aliphatic heterocycles. The van der Waals surface area contributed by atoms with Crippen molar-refractivity contribution in [1.82, 2.24) is 0 Å². The maximum atomic E-state index is 6.28. The molecule has 1 fully saturated rings. The van der Waals surface area contributed by atoms with Gasteiger partial charge in [-0.15, -0.1) is 0 Å². The second-order valence-electron chi connectivity index (χ2n) is 5.33. The standard InChI is InChI=1S/C17H17Cl2NO/c1-21-13-9-7-12(8-10-13)17(11-5-6-11)20-15-4-2-3-14(18)16(15)19/h2-4,7-11,17,20H,5-6H2,1H3. The van der Waals surface area contributed by atoms with Gasteiger partial charge in [0.2, 0.25) is 0 Å². The van der Waals surface area contributed by atoms with E-state index in [0.717, 1.165) is 11.4 Å². The van der Waals surface area contributed by atoms with Crippen LogP contribution in [0, 0.1) is 5.92 Å². The van der Waals surface area contributed by atoms with Crippen LogP contribution in [0.25, 0.3) is 0 Å². The molecule has 1 aliphatic carbocycles. The summed E-state index contributed by atoms with van der Waals surface area (Å²) >= 11 is 12.4. The number of benzene rings is 2. The van der Waals surface area contributed by atoms with Gasteiger partial charge in [0, 0.05) is 0 Å². The van der Waals surface area contributed by atoms with Crippen molar-refractivity contribution in [2.75, 3.05) is 12.4 Å². The molecule has 1 saturated carbocycles. The lowest BCUT2D eigenvalue weighted by atomic mass is 10.0. The highest BCUT2D eigenvalue weighted by atomic mass is 35.5. The minimum absolute atomic E-state index is 0.256. The summed E-state index contributed by atoms with van der Waals surface area (Å²) in [5.74, 6) is 1.52. The van der Waals surface area contributed by atoms with Gasteiger partial charge in [-0.25, -0.2) is 0 Å². The number of methoxy groups -OCH3 is 1. The molecule has 2 nitrogen and oxygen atoms in total. The zero-order chi connectivity index (χ0) is 14.8. The summed E-state index contributed by atoms with van der Waals surface area (Å²) in [4.78, 5) is 0. The maximum Gasteiger partial charge on any atom is 0.118 e. The van der Waals surface area contributed by atoms with Crippen LogP contribution in [0.15, 0.2) is 42.5 Å². The van der Waals surface area contributed by atoms with Crippen molar-refractivity contribution in [1.29, 1.82) is 0 Å². The molecule has 2 aromatic rings. The number of nitrogens with one attached hydrogen (secondary N) is 1. The van der Waals surface area contributed by atoms with E-state index in [1.165, 1.54) is 18.4 Å². The molecule has 0 heterocycles. The molecule has 1 aliphatic rings. The quantitative estimate of drug-likeness (QED) is 0.777. The van der Waals surface area contributed by atoms with Crippen LogP contribution in [0.3, 0.4) is 0 Å². The Morgan fingerprint density at radius 1 is 1.10 bits per heavy atom. The minimum atomic E-state index is 0.256. The summed E-state index contributed by atoms with van der Waals surface area (Å²) in [5, 5.41) is 4.70. The van der Waals surface area contributed by atoms with Gasteiger partial charge in [0.15, 0.2) is 0 Å². The Hall–Kier alpha value is -1.38. The molecule has 0 aromatic heterocycles. The molecular weight excluding hydrogens is 305 g/mol. The molecule has 2 aromatic carbocycles. The average Bonchev–Trinajstić information content (AvgIpc) is 3.34. The van der Waals surface area contributed by atoms with Crippen LogP contribution >= 0.6 is 23.2 Å². The zero-order valence-corrected chi connectivity index (χ0v) is 13.3. The summed E-state index contributed by atoms with van der Waals surface area (Å²) in [7, 11) is 1.68. The molecule has 21 heavy (non-hydrogen) atoms. The number of ether oxygens (including phenoxy) is 1. The first-order valence-corrected chi connectivity index (χ1v) is 7.79. The van der Waals surface area contributed by atoms with Crippen molar-refractivity contribution in [3.8, 4) is 5.75 Å². The third kappa shape index (κ3) is 3.28. The topological polar surface area (TPSA) is 21.3 Å². The van der Waals surface area contributed by atoms with Gasteiger partial charge in [-0.3, -0.25) is 0 Å². The SMILES string of the molecule is COc1ccc(C(Nc2cccc(Cl)c2Cl)C2CC2)cc1. The van der Waals surface area contributed by atoms with Crippen molar-refractivity contribution in [3.05, 3.63) is 58.1 Å². The van der Waals surface area contributed by atoms with Crippen LogP contribution in [-0.4, -0.2) is 7.11 Å². The van der Waals surface area contributed by atoms with Crippen LogP contribution in [-0.2, 0) is 0 Å². The maximum absolute atomic E-state index is 6.28. The van der Waals surface area contributed by atoms with Crippen molar-refractivity contribution < 1.29 is 4.74 Å². The lowest BCUT2D eigenvalue weighted by Crippen LogP contribution is -2.13. The first-order valence-electron chi connectivity index (χ1n) is 7.03. The number of hydrogen-bond acceptors (Lipinski definition) is 2. The molecule has 0 radical (unpaired) electrons. The molecule has 110 valence electrons. The highest BCUT2D eigenvalue weighted by molar-refractivity contribution is 6.43. The lowest BCUT2D eigenvalue weighted by Gasteiger charge is -2.21. The van der Waals surface area contributed by atoms with Crippen LogP contribution in [0.4, 0.5) is 5.69 Å².